The van der Waals surface area contributed by atoms with E-state index in [-0.39, 0.29) is 18.2 Å². The standard InChI is InChI=1S/C22H18F9N5O4/c23-20(24,25)11-1-9(2-12(5-11)21(26,27)28)15(7-17(38)39)36-16(37)8-34-18(40)10-3-13(22(29,30)31)6-14(4-10)35-19(32)33/h1-6,15H,7-8H2,(H,34,40)(H,36,37)(H,38,39)(H4,32,33,35). The van der Waals surface area contributed by atoms with Crippen molar-refractivity contribution in [1.82, 2.24) is 10.6 Å². The van der Waals surface area contributed by atoms with E-state index in [9.17, 15) is 53.9 Å². The smallest absolute Gasteiger partial charge is 0.416 e. The number of aliphatic carboxylic acids is 1. The van der Waals surface area contributed by atoms with Gasteiger partial charge >= 0.3 is 24.5 Å². The maximum Gasteiger partial charge on any atom is 0.416 e. The molecule has 218 valence electrons. The number of rotatable bonds is 8. The van der Waals surface area contributed by atoms with Crippen LogP contribution in [0.4, 0.5) is 45.2 Å². The first-order valence-electron chi connectivity index (χ1n) is 10.6. The van der Waals surface area contributed by atoms with Gasteiger partial charge in [0.25, 0.3) is 5.91 Å². The lowest BCUT2D eigenvalue weighted by Crippen LogP contribution is -2.39. The number of carboxylic acid groups (broad SMARTS) is 1. The average Bonchev–Trinajstić information content (AvgIpc) is 2.79. The molecule has 9 nitrogen and oxygen atoms in total. The van der Waals surface area contributed by atoms with Crippen LogP contribution in [0.2, 0.25) is 0 Å². The summed E-state index contributed by atoms with van der Waals surface area (Å²) in [7, 11) is 0. The summed E-state index contributed by atoms with van der Waals surface area (Å²) in [5.41, 5.74) is 3.39. The number of carboxylic acids is 1. The van der Waals surface area contributed by atoms with Gasteiger partial charge in [-0.2, -0.15) is 39.5 Å². The van der Waals surface area contributed by atoms with E-state index in [2.05, 4.69) is 4.99 Å². The molecule has 2 rings (SSSR count). The third-order valence-electron chi connectivity index (χ3n) is 4.90. The number of alkyl halides is 9. The summed E-state index contributed by atoms with van der Waals surface area (Å²) in [5.74, 6) is -4.92. The highest BCUT2D eigenvalue weighted by molar-refractivity contribution is 5.97. The third-order valence-corrected chi connectivity index (χ3v) is 4.90. The Kier molecular flexibility index (Phi) is 9.28. The Morgan fingerprint density at radius 2 is 1.30 bits per heavy atom. The van der Waals surface area contributed by atoms with Crippen LogP contribution in [-0.2, 0) is 28.1 Å². The van der Waals surface area contributed by atoms with Gasteiger partial charge in [0.1, 0.15) is 0 Å². The maximum absolute atomic E-state index is 13.2. The number of nitrogens with one attached hydrogen (secondary N) is 2. The molecule has 0 saturated heterocycles. The number of hydrogen-bond acceptors (Lipinski definition) is 4. The number of carbonyl (C=O) groups excluding carboxylic acids is 2. The highest BCUT2D eigenvalue weighted by Gasteiger charge is 2.38. The largest absolute Gasteiger partial charge is 0.481 e. The molecule has 0 bridgehead atoms. The molecule has 2 aromatic rings. The number of aliphatic imine (C=N–C) groups is 1. The van der Waals surface area contributed by atoms with Gasteiger partial charge in [-0.3, -0.25) is 14.4 Å². The lowest BCUT2D eigenvalue weighted by atomic mass is 9.97. The summed E-state index contributed by atoms with van der Waals surface area (Å²) in [4.78, 5) is 39.4. The zero-order valence-corrected chi connectivity index (χ0v) is 19.6. The lowest BCUT2D eigenvalue weighted by Gasteiger charge is -2.21. The first-order valence-corrected chi connectivity index (χ1v) is 10.6. The van der Waals surface area contributed by atoms with Crippen molar-refractivity contribution >= 4 is 29.4 Å². The predicted molar refractivity (Wildman–Crippen MR) is 119 cm³/mol. The van der Waals surface area contributed by atoms with Gasteiger partial charge in [-0.15, -0.1) is 0 Å². The fourth-order valence-corrected chi connectivity index (χ4v) is 3.23. The van der Waals surface area contributed by atoms with Crippen molar-refractivity contribution in [3.63, 3.8) is 0 Å². The Morgan fingerprint density at radius 1 is 0.800 bits per heavy atom. The van der Waals surface area contributed by atoms with Crippen LogP contribution in [0.1, 0.15) is 45.1 Å². The van der Waals surface area contributed by atoms with Crippen LogP contribution < -0.4 is 22.1 Å². The summed E-state index contributed by atoms with van der Waals surface area (Å²) in [6.07, 6.45) is -16.6. The van der Waals surface area contributed by atoms with Crippen LogP contribution in [0.3, 0.4) is 0 Å². The van der Waals surface area contributed by atoms with Gasteiger partial charge < -0.3 is 27.2 Å². The van der Waals surface area contributed by atoms with E-state index < -0.39 is 94.8 Å². The van der Waals surface area contributed by atoms with Crippen LogP contribution in [0, 0.1) is 0 Å². The minimum Gasteiger partial charge on any atom is -0.481 e. The summed E-state index contributed by atoms with van der Waals surface area (Å²) in [5, 5.41) is 12.9. The monoisotopic (exact) mass is 587 g/mol. The van der Waals surface area contributed by atoms with Crippen LogP contribution in [0.5, 0.6) is 0 Å². The van der Waals surface area contributed by atoms with Gasteiger partial charge in [-0.05, 0) is 42.0 Å². The van der Waals surface area contributed by atoms with Crippen molar-refractivity contribution in [2.24, 2.45) is 16.5 Å². The van der Waals surface area contributed by atoms with Crippen molar-refractivity contribution < 1.29 is 59.0 Å². The van der Waals surface area contributed by atoms with Crippen molar-refractivity contribution in [2.75, 3.05) is 6.54 Å². The molecule has 1 unspecified atom stereocenters. The van der Waals surface area contributed by atoms with Gasteiger partial charge in [0.15, 0.2) is 5.96 Å². The van der Waals surface area contributed by atoms with Crippen LogP contribution >= 0.6 is 0 Å². The molecule has 0 fully saturated rings. The number of benzene rings is 2. The molecule has 0 saturated carbocycles. The number of amides is 2. The minimum atomic E-state index is -5.26. The van der Waals surface area contributed by atoms with Crippen LogP contribution in [0.15, 0.2) is 41.4 Å². The summed E-state index contributed by atoms with van der Waals surface area (Å²) < 4.78 is 119. The number of nitrogens with two attached hydrogens (primary N) is 2. The molecule has 40 heavy (non-hydrogen) atoms. The summed E-state index contributed by atoms with van der Waals surface area (Å²) in [6.45, 7) is -1.06. The zero-order chi connectivity index (χ0) is 30.6. The highest BCUT2D eigenvalue weighted by Crippen LogP contribution is 2.38. The molecule has 0 aromatic heterocycles. The van der Waals surface area contributed by atoms with Crippen molar-refractivity contribution in [3.05, 3.63) is 64.2 Å². The Morgan fingerprint density at radius 3 is 1.75 bits per heavy atom. The fraction of sp³-hybridized carbons (Fsp3) is 0.273. The highest BCUT2D eigenvalue weighted by atomic mass is 19.4. The molecule has 0 heterocycles. The SMILES string of the molecule is NC(N)=Nc1cc(C(=O)NCC(=O)NC(CC(=O)O)c2cc(C(F)(F)F)cc(C(F)(F)F)c2)cc(C(F)(F)F)c1. The molecule has 2 aromatic carbocycles. The van der Waals surface area contributed by atoms with E-state index in [1.807, 2.05) is 10.6 Å². The second-order valence-electron chi connectivity index (χ2n) is 8.04. The van der Waals surface area contributed by atoms with E-state index in [0.717, 1.165) is 6.07 Å². The molecule has 18 heteroatoms. The first kappa shape index (κ1) is 31.7. The number of hydrogen-bond donors (Lipinski definition) is 5. The fourth-order valence-electron chi connectivity index (χ4n) is 3.23. The van der Waals surface area contributed by atoms with Crippen LogP contribution in [-0.4, -0.2) is 35.4 Å². The molecule has 0 radical (unpaired) electrons. The Hall–Kier alpha value is -4.51. The summed E-state index contributed by atoms with van der Waals surface area (Å²) >= 11 is 0. The van der Waals surface area contributed by atoms with Gasteiger partial charge in [0.05, 0.1) is 41.4 Å². The average molecular weight is 587 g/mol. The Bertz CT molecular complexity index is 1280. The van der Waals surface area contributed by atoms with E-state index in [4.69, 9.17) is 16.6 Å². The molecular formula is C22H18F9N5O4. The van der Waals surface area contributed by atoms with Gasteiger partial charge in [0.2, 0.25) is 5.91 Å². The molecule has 2 amide bonds. The molecule has 0 aliphatic rings. The Balaban J connectivity index is 2.32. The topological polar surface area (TPSA) is 160 Å². The van der Waals surface area contributed by atoms with Crippen LogP contribution in [0.25, 0.3) is 0 Å². The first-order chi connectivity index (χ1) is 18.2. The van der Waals surface area contributed by atoms with Crippen molar-refractivity contribution in [1.29, 1.82) is 0 Å². The molecule has 0 spiro atoms. The second-order valence-corrected chi connectivity index (χ2v) is 8.04. The zero-order valence-electron chi connectivity index (χ0n) is 19.6. The van der Waals surface area contributed by atoms with Gasteiger partial charge in [-0.25, -0.2) is 4.99 Å². The van der Waals surface area contributed by atoms with E-state index >= 15 is 0 Å². The predicted octanol–water partition coefficient (Wildman–Crippen LogP) is 3.71. The quantitative estimate of drug-likeness (QED) is 0.180. The summed E-state index contributed by atoms with van der Waals surface area (Å²) in [6, 6.07) is 0.0567. The number of carbonyl (C=O) groups is 3. The normalized spacial score (nSPS) is 12.8. The van der Waals surface area contributed by atoms with E-state index in [1.165, 1.54) is 0 Å². The second kappa shape index (κ2) is 11.7. The third kappa shape index (κ3) is 9.05. The number of guanidine groups is 1. The molecule has 0 aliphatic heterocycles. The molecule has 1 atom stereocenters. The number of nitrogens with zero attached hydrogens (tertiary/aromatic N) is 1. The Labute approximate surface area is 218 Å². The lowest BCUT2D eigenvalue weighted by molar-refractivity contribution is -0.143. The van der Waals surface area contributed by atoms with Gasteiger partial charge in [0, 0.05) is 5.56 Å². The molecular weight excluding hydrogens is 569 g/mol. The van der Waals surface area contributed by atoms with Gasteiger partial charge in [-0.1, -0.05) is 0 Å². The molecule has 0 aliphatic carbocycles. The van der Waals surface area contributed by atoms with Crippen molar-refractivity contribution in [3.8, 4) is 0 Å². The van der Waals surface area contributed by atoms with Crippen molar-refractivity contribution in [2.45, 2.75) is 31.0 Å². The maximum atomic E-state index is 13.2. The number of halogens is 9. The van der Waals surface area contributed by atoms with E-state index in [0.29, 0.717) is 12.1 Å². The molecule has 7 N–H and O–H groups in total. The minimum absolute atomic E-state index is 0.199. The van der Waals surface area contributed by atoms with E-state index in [1.54, 1.807) is 0 Å².